The highest BCUT2D eigenvalue weighted by atomic mass is 19.4. The Morgan fingerprint density at radius 2 is 0.469 bits per heavy atom. The molecule has 0 fully saturated rings. The molecule has 0 rings (SSSR count). The van der Waals surface area contributed by atoms with Crippen LogP contribution in [-0.2, 0) is 5.11 Å². The number of rotatable bonds is 6. The highest BCUT2D eigenvalue weighted by molar-refractivity contribution is 5.19. The van der Waals surface area contributed by atoms with Crippen molar-refractivity contribution in [3.05, 3.63) is 0 Å². The lowest BCUT2D eigenvalue weighted by atomic mass is 9.73. The smallest absolute Gasteiger partial charge is 0.198 e. The van der Waals surface area contributed by atoms with E-state index in [0.717, 1.165) is 0 Å². The summed E-state index contributed by atoms with van der Waals surface area (Å²) in [7, 11) is 0. The SMILES string of the molecule is [O]C(F)(F)C(F)(F)C(F)(F)C(F)(F)C(F)(F)C(F)(F)C(C(F)(F)F)(C(F)(F)F)C(F)(F)F. The number of alkyl halides is 21. The maximum absolute atomic E-state index is 13.5. The van der Waals surface area contributed by atoms with Crippen molar-refractivity contribution in [2.45, 2.75) is 54.3 Å². The summed E-state index contributed by atoms with van der Waals surface area (Å²) in [6.07, 6.45) is -34.3. The standard InChI is InChI=1S/C10F21O/c11-2(12,1(7(21,22)23,8(24,25)26)9(27,28)29)3(13,14)4(15,16)5(17,18)6(19,20)10(30,31)32. The lowest BCUT2D eigenvalue weighted by Gasteiger charge is -2.48. The van der Waals surface area contributed by atoms with Gasteiger partial charge in [-0.05, 0) is 0 Å². The van der Waals surface area contributed by atoms with Crippen LogP contribution in [0.1, 0.15) is 0 Å². The molecule has 32 heavy (non-hydrogen) atoms. The molecule has 0 aliphatic heterocycles. The van der Waals surface area contributed by atoms with Gasteiger partial charge in [0.05, 0.1) is 0 Å². The molecule has 0 heterocycles. The van der Waals surface area contributed by atoms with Crippen molar-refractivity contribution in [1.29, 1.82) is 0 Å². The van der Waals surface area contributed by atoms with Crippen LogP contribution in [0.15, 0.2) is 0 Å². The quantitative estimate of drug-likeness (QED) is 0.332. The first-order valence-corrected chi connectivity index (χ1v) is 6.42. The Labute approximate surface area is 158 Å². The van der Waals surface area contributed by atoms with Gasteiger partial charge in [0.15, 0.2) is 0 Å². The van der Waals surface area contributed by atoms with Crippen molar-refractivity contribution in [3.8, 4) is 0 Å². The molecule has 0 unspecified atom stereocenters. The van der Waals surface area contributed by atoms with E-state index in [9.17, 15) is 97.3 Å². The first-order valence-electron chi connectivity index (χ1n) is 6.42. The van der Waals surface area contributed by atoms with Gasteiger partial charge >= 0.3 is 59.7 Å². The van der Waals surface area contributed by atoms with Crippen LogP contribution in [0.5, 0.6) is 0 Å². The van der Waals surface area contributed by atoms with Crippen molar-refractivity contribution in [3.63, 3.8) is 0 Å². The Hall–Kier alpha value is -1.51. The Balaban J connectivity index is 7.57. The van der Waals surface area contributed by atoms with E-state index in [4.69, 9.17) is 0 Å². The number of hydrogen-bond acceptors (Lipinski definition) is 0. The summed E-state index contributed by atoms with van der Waals surface area (Å²) in [5, 5.41) is 9.60. The van der Waals surface area contributed by atoms with Gasteiger partial charge in [0, 0.05) is 0 Å². The Morgan fingerprint density at radius 3 is 0.656 bits per heavy atom. The van der Waals surface area contributed by atoms with Gasteiger partial charge < -0.3 is 0 Å². The predicted molar refractivity (Wildman–Crippen MR) is 51.0 cm³/mol. The fourth-order valence-electron chi connectivity index (χ4n) is 2.03. The summed E-state index contributed by atoms with van der Waals surface area (Å²) in [4.78, 5) is 0. The van der Waals surface area contributed by atoms with Gasteiger partial charge in [-0.25, -0.2) is 0 Å². The van der Waals surface area contributed by atoms with Gasteiger partial charge in [0.25, 0.3) is 0 Å². The van der Waals surface area contributed by atoms with Crippen LogP contribution in [0, 0.1) is 5.41 Å². The monoisotopic (exact) mass is 535 g/mol. The van der Waals surface area contributed by atoms with Crippen molar-refractivity contribution in [1.82, 2.24) is 0 Å². The molecule has 0 spiro atoms. The van der Waals surface area contributed by atoms with Gasteiger partial charge in [-0.15, -0.1) is 0 Å². The van der Waals surface area contributed by atoms with Crippen molar-refractivity contribution < 1.29 is 97.3 Å². The minimum atomic E-state index is -9.57. The van der Waals surface area contributed by atoms with E-state index in [1.165, 1.54) is 0 Å². The molecule has 0 aromatic carbocycles. The summed E-state index contributed by atoms with van der Waals surface area (Å²) in [5.74, 6) is -45.7. The van der Waals surface area contributed by atoms with E-state index in [1.54, 1.807) is 0 Å². The molecule has 0 saturated heterocycles. The van der Waals surface area contributed by atoms with Crippen LogP contribution in [0.4, 0.5) is 92.2 Å². The summed E-state index contributed by atoms with van der Waals surface area (Å²) in [6, 6.07) is 0. The van der Waals surface area contributed by atoms with Crippen LogP contribution in [0.25, 0.3) is 0 Å². The zero-order valence-corrected chi connectivity index (χ0v) is 13.3. The van der Waals surface area contributed by atoms with Gasteiger partial charge in [0.1, 0.15) is 0 Å². The van der Waals surface area contributed by atoms with E-state index < -0.39 is 59.7 Å². The van der Waals surface area contributed by atoms with Gasteiger partial charge in [-0.3, -0.25) is 0 Å². The molecule has 1 nitrogen and oxygen atoms in total. The number of hydrogen-bond donors (Lipinski definition) is 0. The fraction of sp³-hybridized carbons (Fsp3) is 1.00. The fourth-order valence-corrected chi connectivity index (χ4v) is 2.03. The molecular weight excluding hydrogens is 535 g/mol. The van der Waals surface area contributed by atoms with Gasteiger partial charge in [0.2, 0.25) is 0 Å². The second kappa shape index (κ2) is 7.00. The molecule has 0 aliphatic rings. The molecule has 0 aromatic rings. The maximum Gasteiger partial charge on any atom is 0.452 e. The highest BCUT2D eigenvalue weighted by Crippen LogP contribution is 2.72. The first kappa shape index (κ1) is 30.5. The highest BCUT2D eigenvalue weighted by Gasteiger charge is 3.02. The van der Waals surface area contributed by atoms with Gasteiger partial charge in [-0.1, -0.05) is 0 Å². The van der Waals surface area contributed by atoms with Crippen LogP contribution >= 0.6 is 0 Å². The van der Waals surface area contributed by atoms with Crippen LogP contribution in [-0.4, -0.2) is 54.3 Å². The minimum Gasteiger partial charge on any atom is -0.198 e. The lowest BCUT2D eigenvalue weighted by molar-refractivity contribution is -0.522. The molecule has 0 aromatic heterocycles. The molecule has 0 aliphatic carbocycles. The molecule has 0 saturated carbocycles. The average molecular weight is 535 g/mol. The van der Waals surface area contributed by atoms with E-state index in [0.29, 0.717) is 0 Å². The average Bonchev–Trinajstić information content (AvgIpc) is 2.39. The Morgan fingerprint density at radius 1 is 0.281 bits per heavy atom. The summed E-state index contributed by atoms with van der Waals surface area (Å²) in [5.41, 5.74) is -9.34. The molecule has 193 valence electrons. The second-order valence-corrected chi connectivity index (χ2v) is 5.63. The summed E-state index contributed by atoms with van der Waals surface area (Å²) >= 11 is 0. The zero-order valence-electron chi connectivity index (χ0n) is 13.3. The molecular formula is C10F21O. The molecule has 0 atom stereocenters. The van der Waals surface area contributed by atoms with Crippen LogP contribution in [0.2, 0.25) is 0 Å². The van der Waals surface area contributed by atoms with Crippen LogP contribution in [0.3, 0.4) is 0 Å². The van der Waals surface area contributed by atoms with Crippen molar-refractivity contribution >= 4 is 0 Å². The topological polar surface area (TPSA) is 19.9 Å². The van der Waals surface area contributed by atoms with E-state index in [1.807, 2.05) is 0 Å². The van der Waals surface area contributed by atoms with E-state index >= 15 is 0 Å². The first-order chi connectivity index (χ1) is 13.2. The van der Waals surface area contributed by atoms with Gasteiger partial charge in [-0.2, -0.15) is 97.3 Å². The maximum atomic E-state index is 13.5. The third kappa shape index (κ3) is 3.41. The molecule has 0 N–H and O–H groups in total. The zero-order chi connectivity index (χ0) is 27.0. The largest absolute Gasteiger partial charge is 0.452 e. The normalized spacial score (nSPS) is 17.1. The van der Waals surface area contributed by atoms with Crippen LogP contribution < -0.4 is 0 Å². The predicted octanol–water partition coefficient (Wildman–Crippen LogP) is 6.86. The minimum absolute atomic E-state index is 7.85. The van der Waals surface area contributed by atoms with E-state index in [-0.39, 0.29) is 0 Å². The third-order valence-corrected chi connectivity index (χ3v) is 3.69. The van der Waals surface area contributed by atoms with Crippen molar-refractivity contribution in [2.75, 3.05) is 0 Å². The van der Waals surface area contributed by atoms with Crippen molar-refractivity contribution in [2.24, 2.45) is 5.41 Å². The van der Waals surface area contributed by atoms with E-state index in [2.05, 4.69) is 0 Å². The molecule has 22 heteroatoms. The molecule has 0 amide bonds. The molecule has 1 radical (unpaired) electrons. The second-order valence-electron chi connectivity index (χ2n) is 5.63. The molecule has 0 bridgehead atoms. The Kier molecular flexibility index (Phi) is 6.67. The lowest BCUT2D eigenvalue weighted by Crippen LogP contribution is -2.79. The summed E-state index contributed by atoms with van der Waals surface area (Å²) in [6.45, 7) is 0. The Bertz CT molecular complexity index is 647. The third-order valence-electron chi connectivity index (χ3n) is 3.69. The summed E-state index contributed by atoms with van der Waals surface area (Å²) < 4.78 is 267. The number of halogens is 21.